The average molecular weight is 410 g/mol. The second kappa shape index (κ2) is 8.77. The molecule has 1 amide bonds. The van der Waals surface area contributed by atoms with Crippen LogP contribution in [0, 0.1) is 10.1 Å². The van der Waals surface area contributed by atoms with Crippen molar-refractivity contribution in [1.82, 2.24) is 4.90 Å². The van der Waals surface area contributed by atoms with Crippen LogP contribution in [0.15, 0.2) is 59.9 Å². The molecule has 2 aromatic rings. The molecule has 1 atom stereocenters. The maximum absolute atomic E-state index is 13.0. The van der Waals surface area contributed by atoms with Crippen molar-refractivity contribution in [2.24, 2.45) is 0 Å². The molecular weight excluding hydrogens is 388 g/mol. The highest BCUT2D eigenvalue weighted by Gasteiger charge is 2.43. The Labute approximate surface area is 173 Å². The smallest absolute Gasteiger partial charge is 0.311 e. The number of nitrogens with zero attached hydrogens (tertiary/aromatic N) is 2. The van der Waals surface area contributed by atoms with Crippen LogP contribution in [-0.4, -0.2) is 38.3 Å². The summed E-state index contributed by atoms with van der Waals surface area (Å²) in [5, 5.41) is 31.5. The number of phenolic OH excluding ortho intramolecular Hbond substituents is 1. The van der Waals surface area contributed by atoms with Gasteiger partial charge in [0.1, 0.15) is 0 Å². The Morgan fingerprint density at radius 1 is 1.17 bits per heavy atom. The lowest BCUT2D eigenvalue weighted by Gasteiger charge is -2.26. The third-order valence-corrected chi connectivity index (χ3v) is 5.06. The molecule has 2 aromatic carbocycles. The maximum Gasteiger partial charge on any atom is 0.311 e. The zero-order chi connectivity index (χ0) is 21.8. The molecule has 1 aliphatic rings. The normalized spacial score (nSPS) is 16.2. The molecule has 0 spiro atoms. The van der Waals surface area contributed by atoms with Crippen LogP contribution < -0.4 is 0 Å². The number of nitro groups is 1. The zero-order valence-corrected chi connectivity index (χ0v) is 16.4. The molecule has 0 radical (unpaired) electrons. The Bertz CT molecular complexity index is 1020. The van der Waals surface area contributed by atoms with Gasteiger partial charge in [-0.3, -0.25) is 19.7 Å². The Balaban J connectivity index is 1.98. The summed E-state index contributed by atoms with van der Waals surface area (Å²) in [4.78, 5) is 37.5. The number of carbonyl (C=O) groups excluding carboxylic acids is 2. The van der Waals surface area contributed by atoms with Gasteiger partial charge in [-0.1, -0.05) is 43.3 Å². The summed E-state index contributed by atoms with van der Waals surface area (Å²) >= 11 is 0. The number of phenols is 1. The molecule has 0 bridgehead atoms. The lowest BCUT2D eigenvalue weighted by molar-refractivity contribution is -0.385. The fourth-order valence-electron chi connectivity index (χ4n) is 3.65. The topological polar surface area (TPSA) is 121 Å². The van der Waals surface area contributed by atoms with Gasteiger partial charge in [0.05, 0.1) is 16.5 Å². The van der Waals surface area contributed by atoms with Gasteiger partial charge in [0.25, 0.3) is 5.91 Å². The van der Waals surface area contributed by atoms with Crippen molar-refractivity contribution in [3.63, 3.8) is 0 Å². The average Bonchev–Trinajstić information content (AvgIpc) is 2.98. The van der Waals surface area contributed by atoms with E-state index in [1.54, 1.807) is 0 Å². The van der Waals surface area contributed by atoms with Gasteiger partial charge in [-0.05, 0) is 30.0 Å². The minimum absolute atomic E-state index is 0.0654. The molecule has 3 rings (SSSR count). The number of aliphatic hydroxyl groups is 1. The second-order valence-electron chi connectivity index (χ2n) is 7.08. The summed E-state index contributed by atoms with van der Waals surface area (Å²) in [6.45, 7) is 2.10. The van der Waals surface area contributed by atoms with E-state index < -0.39 is 39.9 Å². The van der Waals surface area contributed by atoms with Crippen LogP contribution >= 0.6 is 0 Å². The first-order valence-corrected chi connectivity index (χ1v) is 9.63. The maximum atomic E-state index is 13.0. The van der Waals surface area contributed by atoms with Crippen LogP contribution in [0.4, 0.5) is 5.69 Å². The molecule has 0 saturated heterocycles. The van der Waals surface area contributed by atoms with Crippen molar-refractivity contribution in [3.05, 3.63) is 81.1 Å². The SMILES string of the molecule is CCCN1C(=O)C(O)=C(C(=O)CCc2ccccc2)C1c1ccc(O)c([N+](=O)[O-])c1. The van der Waals surface area contributed by atoms with Crippen LogP contribution in [0.1, 0.15) is 36.9 Å². The summed E-state index contributed by atoms with van der Waals surface area (Å²) in [5.74, 6) is -2.22. The Morgan fingerprint density at radius 3 is 2.50 bits per heavy atom. The highest BCUT2D eigenvalue weighted by Crippen LogP contribution is 2.40. The summed E-state index contributed by atoms with van der Waals surface area (Å²) in [7, 11) is 0. The van der Waals surface area contributed by atoms with Crippen molar-refractivity contribution in [2.75, 3.05) is 6.54 Å². The van der Waals surface area contributed by atoms with Crippen molar-refractivity contribution in [1.29, 1.82) is 0 Å². The summed E-state index contributed by atoms with van der Waals surface area (Å²) in [5.41, 5.74) is 0.633. The molecule has 8 heteroatoms. The zero-order valence-electron chi connectivity index (χ0n) is 16.4. The lowest BCUT2D eigenvalue weighted by atomic mass is 9.93. The number of aliphatic hydroxyl groups excluding tert-OH is 1. The number of benzene rings is 2. The largest absolute Gasteiger partial charge is 0.503 e. The van der Waals surface area contributed by atoms with Gasteiger partial charge in [0.2, 0.25) is 0 Å². The number of aromatic hydroxyl groups is 1. The molecule has 30 heavy (non-hydrogen) atoms. The van der Waals surface area contributed by atoms with E-state index in [9.17, 15) is 29.9 Å². The molecule has 8 nitrogen and oxygen atoms in total. The molecule has 0 saturated carbocycles. The molecule has 2 N–H and O–H groups in total. The predicted molar refractivity (Wildman–Crippen MR) is 109 cm³/mol. The number of Topliss-reactive ketones (excluding diaryl/α,β-unsaturated/α-hetero) is 1. The van der Waals surface area contributed by atoms with E-state index in [0.717, 1.165) is 17.7 Å². The van der Waals surface area contributed by atoms with Crippen molar-refractivity contribution in [2.45, 2.75) is 32.2 Å². The van der Waals surface area contributed by atoms with Crippen LogP contribution in [0.5, 0.6) is 5.75 Å². The first kappa shape index (κ1) is 21.0. The van der Waals surface area contributed by atoms with Crippen molar-refractivity contribution in [3.8, 4) is 5.75 Å². The summed E-state index contributed by atoms with van der Waals surface area (Å²) < 4.78 is 0. The Kier molecular flexibility index (Phi) is 6.15. The van der Waals surface area contributed by atoms with Crippen LogP contribution in [0.3, 0.4) is 0 Å². The molecule has 0 aliphatic carbocycles. The van der Waals surface area contributed by atoms with Gasteiger partial charge < -0.3 is 15.1 Å². The second-order valence-corrected chi connectivity index (χ2v) is 7.08. The number of hydrogen-bond acceptors (Lipinski definition) is 6. The third kappa shape index (κ3) is 4.03. The van der Waals surface area contributed by atoms with E-state index >= 15 is 0 Å². The third-order valence-electron chi connectivity index (χ3n) is 5.06. The molecular formula is C22H22N2O6. The quantitative estimate of drug-likeness (QED) is 0.507. The van der Waals surface area contributed by atoms with Gasteiger partial charge in [-0.2, -0.15) is 0 Å². The molecule has 1 unspecified atom stereocenters. The standard InChI is InChI=1S/C22H22N2O6/c1-2-12-23-20(15-9-11-17(25)16(13-15)24(29)30)19(21(27)22(23)28)18(26)10-8-14-6-4-3-5-7-14/h3-7,9,11,13,20,25,27H,2,8,10,12H2,1H3. The minimum atomic E-state index is -0.944. The van der Waals surface area contributed by atoms with Crippen LogP contribution in [-0.2, 0) is 16.0 Å². The van der Waals surface area contributed by atoms with Gasteiger partial charge in [-0.15, -0.1) is 0 Å². The van der Waals surface area contributed by atoms with E-state index in [4.69, 9.17) is 0 Å². The van der Waals surface area contributed by atoms with Crippen LogP contribution in [0.25, 0.3) is 0 Å². The minimum Gasteiger partial charge on any atom is -0.503 e. The highest BCUT2D eigenvalue weighted by molar-refractivity contribution is 6.09. The predicted octanol–water partition coefficient (Wildman–Crippen LogP) is 3.61. The number of rotatable bonds is 8. The van der Waals surface area contributed by atoms with E-state index in [0.29, 0.717) is 12.8 Å². The van der Waals surface area contributed by atoms with Gasteiger partial charge in [-0.25, -0.2) is 0 Å². The van der Waals surface area contributed by atoms with Gasteiger partial charge >= 0.3 is 5.69 Å². The van der Waals surface area contributed by atoms with E-state index in [1.807, 2.05) is 37.3 Å². The van der Waals surface area contributed by atoms with E-state index in [2.05, 4.69) is 0 Å². The van der Waals surface area contributed by atoms with E-state index in [1.165, 1.54) is 11.0 Å². The fourth-order valence-corrected chi connectivity index (χ4v) is 3.65. The lowest BCUT2D eigenvalue weighted by Crippen LogP contribution is -2.31. The van der Waals surface area contributed by atoms with Crippen molar-refractivity contribution < 1.29 is 24.7 Å². The Morgan fingerprint density at radius 2 is 1.87 bits per heavy atom. The van der Waals surface area contributed by atoms with Crippen molar-refractivity contribution >= 4 is 17.4 Å². The highest BCUT2D eigenvalue weighted by atomic mass is 16.6. The summed E-state index contributed by atoms with van der Waals surface area (Å²) in [6, 6.07) is 12.1. The summed E-state index contributed by atoms with van der Waals surface area (Å²) in [6.07, 6.45) is 1.08. The number of amides is 1. The number of carbonyl (C=O) groups is 2. The molecule has 1 aliphatic heterocycles. The number of nitro benzene ring substituents is 1. The Hall–Kier alpha value is -3.68. The van der Waals surface area contributed by atoms with Gasteiger partial charge in [0.15, 0.2) is 17.3 Å². The van der Waals surface area contributed by atoms with E-state index in [-0.39, 0.29) is 24.1 Å². The fraction of sp³-hybridized carbons (Fsp3) is 0.273. The molecule has 156 valence electrons. The first-order chi connectivity index (χ1) is 14.3. The van der Waals surface area contributed by atoms with Crippen LogP contribution in [0.2, 0.25) is 0 Å². The molecule has 0 fully saturated rings. The van der Waals surface area contributed by atoms with Gasteiger partial charge in [0, 0.05) is 19.0 Å². The first-order valence-electron chi connectivity index (χ1n) is 9.63. The number of hydrogen-bond donors (Lipinski definition) is 2. The molecule has 1 heterocycles. The monoisotopic (exact) mass is 410 g/mol. The molecule has 0 aromatic heterocycles. The number of ketones is 1. The number of aryl methyl sites for hydroxylation is 1.